The number of nitrogens with two attached hydrogens (primary N) is 1. The van der Waals surface area contributed by atoms with Gasteiger partial charge >= 0.3 is 0 Å². The molecule has 0 fully saturated rings. The van der Waals surface area contributed by atoms with E-state index in [0.717, 1.165) is 17.3 Å². The van der Waals surface area contributed by atoms with Crippen molar-refractivity contribution in [1.82, 2.24) is 4.98 Å². The van der Waals surface area contributed by atoms with Crippen LogP contribution in [0.25, 0.3) is 10.9 Å². The summed E-state index contributed by atoms with van der Waals surface area (Å²) < 4.78 is 0. The molecule has 1 aromatic heterocycles. The van der Waals surface area contributed by atoms with Crippen molar-refractivity contribution in [1.29, 1.82) is 0 Å². The number of halogens is 1. The number of benzene rings is 1. The van der Waals surface area contributed by atoms with Crippen molar-refractivity contribution < 1.29 is 0 Å². The van der Waals surface area contributed by atoms with Crippen LogP contribution in [0, 0.1) is 0 Å². The second-order valence-corrected chi connectivity index (χ2v) is 3.24. The fourth-order valence-corrected chi connectivity index (χ4v) is 1.63. The third kappa shape index (κ3) is 2.37. The fourth-order valence-electron chi connectivity index (χ4n) is 1.63. The van der Waals surface area contributed by atoms with Crippen LogP contribution < -0.4 is 11.3 Å². The van der Waals surface area contributed by atoms with Gasteiger partial charge in [-0.2, -0.15) is 0 Å². The number of pyridine rings is 1. The van der Waals surface area contributed by atoms with E-state index in [-0.39, 0.29) is 18.0 Å². The summed E-state index contributed by atoms with van der Waals surface area (Å²) in [5, 5.41) is 1.08. The zero-order valence-corrected chi connectivity index (χ0v) is 9.01. The van der Waals surface area contributed by atoms with Crippen LogP contribution in [0.5, 0.6) is 0 Å². The summed E-state index contributed by atoms with van der Waals surface area (Å²) in [4.78, 5) is 13.9. The van der Waals surface area contributed by atoms with Gasteiger partial charge in [0.25, 0.3) is 0 Å². The summed E-state index contributed by atoms with van der Waals surface area (Å²) in [6.45, 7) is 0.623. The maximum absolute atomic E-state index is 11.1. The van der Waals surface area contributed by atoms with Crippen LogP contribution in [0.15, 0.2) is 35.1 Å². The first-order chi connectivity index (χ1) is 6.81. The quantitative estimate of drug-likeness (QED) is 0.811. The summed E-state index contributed by atoms with van der Waals surface area (Å²) in [6.07, 6.45) is 0.837. The lowest BCUT2D eigenvalue weighted by Gasteiger charge is -2.03. The summed E-state index contributed by atoms with van der Waals surface area (Å²) in [7, 11) is 0. The molecule has 0 saturated heterocycles. The van der Waals surface area contributed by atoms with E-state index in [1.54, 1.807) is 6.07 Å². The highest BCUT2D eigenvalue weighted by Gasteiger charge is 1.99. The SMILES string of the molecule is Cl.NCCc1cccc2[nH]c(=O)ccc12. The first kappa shape index (κ1) is 11.8. The lowest BCUT2D eigenvalue weighted by molar-refractivity contribution is 0.976. The van der Waals surface area contributed by atoms with Crippen molar-refractivity contribution in [2.45, 2.75) is 6.42 Å². The second kappa shape index (κ2) is 4.96. The van der Waals surface area contributed by atoms with Crippen LogP contribution >= 0.6 is 12.4 Å². The molecule has 0 saturated carbocycles. The van der Waals surface area contributed by atoms with E-state index in [1.165, 1.54) is 5.56 Å². The number of hydrogen-bond acceptors (Lipinski definition) is 2. The van der Waals surface area contributed by atoms with Gasteiger partial charge in [-0.15, -0.1) is 12.4 Å². The van der Waals surface area contributed by atoms with Gasteiger partial charge in [-0.1, -0.05) is 12.1 Å². The van der Waals surface area contributed by atoms with Crippen LogP contribution in [0.1, 0.15) is 5.56 Å². The Labute approximate surface area is 93.7 Å². The Bertz CT molecular complexity index is 507. The van der Waals surface area contributed by atoms with Crippen molar-refractivity contribution in [3.05, 3.63) is 46.2 Å². The molecule has 3 N–H and O–H groups in total. The lowest BCUT2D eigenvalue weighted by atomic mass is 10.1. The first-order valence-corrected chi connectivity index (χ1v) is 4.62. The van der Waals surface area contributed by atoms with Crippen molar-refractivity contribution in [2.75, 3.05) is 6.54 Å². The smallest absolute Gasteiger partial charge is 0.248 e. The first-order valence-electron chi connectivity index (χ1n) is 4.62. The van der Waals surface area contributed by atoms with Crippen LogP contribution in [-0.2, 0) is 6.42 Å². The van der Waals surface area contributed by atoms with E-state index in [1.807, 2.05) is 24.3 Å². The summed E-state index contributed by atoms with van der Waals surface area (Å²) in [5.41, 5.74) is 7.50. The molecule has 0 amide bonds. The molecule has 0 radical (unpaired) electrons. The Morgan fingerprint density at radius 2 is 2.00 bits per heavy atom. The third-order valence-corrected chi connectivity index (χ3v) is 2.27. The normalized spacial score (nSPS) is 9.93. The van der Waals surface area contributed by atoms with Gasteiger partial charge in [-0.25, -0.2) is 0 Å². The van der Waals surface area contributed by atoms with E-state index in [4.69, 9.17) is 5.73 Å². The molecule has 0 aliphatic rings. The van der Waals surface area contributed by atoms with Crippen LogP contribution in [-0.4, -0.2) is 11.5 Å². The maximum Gasteiger partial charge on any atom is 0.248 e. The second-order valence-electron chi connectivity index (χ2n) is 3.24. The van der Waals surface area contributed by atoms with Crippen LogP contribution in [0.3, 0.4) is 0 Å². The summed E-state index contributed by atoms with van der Waals surface area (Å²) in [6, 6.07) is 9.26. The summed E-state index contributed by atoms with van der Waals surface area (Å²) in [5.74, 6) is 0. The third-order valence-electron chi connectivity index (χ3n) is 2.27. The molecule has 1 aromatic carbocycles. The molecule has 2 aromatic rings. The molecule has 0 aliphatic heterocycles. The highest BCUT2D eigenvalue weighted by molar-refractivity contribution is 5.85. The average molecular weight is 225 g/mol. The molecule has 0 bridgehead atoms. The van der Waals surface area contributed by atoms with Crippen molar-refractivity contribution in [3.63, 3.8) is 0 Å². The van der Waals surface area contributed by atoms with Crippen molar-refractivity contribution in [2.24, 2.45) is 5.73 Å². The number of fused-ring (bicyclic) bond motifs is 1. The molecule has 15 heavy (non-hydrogen) atoms. The van der Waals surface area contributed by atoms with E-state index in [0.29, 0.717) is 6.54 Å². The number of aromatic amines is 1. The minimum atomic E-state index is -0.0672. The molecule has 0 unspecified atom stereocenters. The van der Waals surface area contributed by atoms with Crippen molar-refractivity contribution in [3.8, 4) is 0 Å². The molecule has 4 heteroatoms. The molecule has 0 atom stereocenters. The van der Waals surface area contributed by atoms with E-state index < -0.39 is 0 Å². The Hall–Kier alpha value is -1.32. The van der Waals surface area contributed by atoms with Gasteiger partial charge in [0, 0.05) is 17.0 Å². The molecule has 0 spiro atoms. The van der Waals surface area contributed by atoms with Gasteiger partial charge in [0.2, 0.25) is 5.56 Å². The molecular formula is C11H13ClN2O. The summed E-state index contributed by atoms with van der Waals surface area (Å²) >= 11 is 0. The van der Waals surface area contributed by atoms with Gasteiger partial charge in [0.05, 0.1) is 0 Å². The highest BCUT2D eigenvalue weighted by atomic mass is 35.5. The van der Waals surface area contributed by atoms with E-state index in [2.05, 4.69) is 4.98 Å². The van der Waals surface area contributed by atoms with Gasteiger partial charge in [0.15, 0.2) is 0 Å². The lowest BCUT2D eigenvalue weighted by Crippen LogP contribution is -2.06. The number of H-pyrrole nitrogens is 1. The predicted molar refractivity (Wildman–Crippen MR) is 64.6 cm³/mol. The monoisotopic (exact) mass is 224 g/mol. The van der Waals surface area contributed by atoms with Crippen LogP contribution in [0.2, 0.25) is 0 Å². The fraction of sp³-hybridized carbons (Fsp3) is 0.182. The highest BCUT2D eigenvalue weighted by Crippen LogP contribution is 2.15. The Kier molecular flexibility index (Phi) is 3.88. The molecule has 1 heterocycles. The molecular weight excluding hydrogens is 212 g/mol. The number of hydrogen-bond donors (Lipinski definition) is 2. The maximum atomic E-state index is 11.1. The van der Waals surface area contributed by atoms with Gasteiger partial charge in [0.1, 0.15) is 0 Å². The zero-order valence-electron chi connectivity index (χ0n) is 8.19. The Morgan fingerprint density at radius 3 is 2.73 bits per heavy atom. The Morgan fingerprint density at radius 1 is 1.20 bits per heavy atom. The zero-order chi connectivity index (χ0) is 9.97. The molecule has 80 valence electrons. The van der Waals surface area contributed by atoms with Gasteiger partial charge in [-0.05, 0) is 30.7 Å². The number of aromatic nitrogens is 1. The van der Waals surface area contributed by atoms with Gasteiger partial charge in [-0.3, -0.25) is 4.79 Å². The van der Waals surface area contributed by atoms with E-state index in [9.17, 15) is 4.79 Å². The molecule has 2 rings (SSSR count). The standard InChI is InChI=1S/C11H12N2O.ClH/c12-7-6-8-2-1-3-10-9(8)4-5-11(14)13-10;/h1-5H,6-7,12H2,(H,13,14);1H. The van der Waals surface area contributed by atoms with Crippen LogP contribution in [0.4, 0.5) is 0 Å². The minimum Gasteiger partial charge on any atom is -0.330 e. The number of nitrogens with one attached hydrogen (secondary N) is 1. The minimum absolute atomic E-state index is 0. The molecule has 3 nitrogen and oxygen atoms in total. The largest absolute Gasteiger partial charge is 0.330 e. The van der Waals surface area contributed by atoms with Gasteiger partial charge < -0.3 is 10.7 Å². The molecule has 0 aliphatic carbocycles. The predicted octanol–water partition coefficient (Wildman–Crippen LogP) is 1.45. The van der Waals surface area contributed by atoms with E-state index >= 15 is 0 Å². The van der Waals surface area contributed by atoms with Crippen molar-refractivity contribution >= 4 is 23.3 Å². The number of rotatable bonds is 2. The average Bonchev–Trinajstić information content (AvgIpc) is 2.18. The Balaban J connectivity index is 0.00000112. The topological polar surface area (TPSA) is 58.9 Å².